The third kappa shape index (κ3) is 6.42. The second-order valence-corrected chi connectivity index (χ2v) is 10.8. The van der Waals surface area contributed by atoms with Crippen molar-refractivity contribution >= 4 is 17.6 Å². The number of fused-ring (bicyclic) bond motifs is 1. The van der Waals surface area contributed by atoms with Crippen molar-refractivity contribution < 1.29 is 44.3 Å². The fraction of sp³-hybridized carbons (Fsp3) is 0.281. The van der Waals surface area contributed by atoms with E-state index in [0.29, 0.717) is 35.6 Å². The smallest absolute Gasteiger partial charge is 0.416 e. The van der Waals surface area contributed by atoms with Crippen LogP contribution in [0.1, 0.15) is 60.5 Å². The van der Waals surface area contributed by atoms with Gasteiger partial charge in [-0.2, -0.15) is 18.4 Å². The van der Waals surface area contributed by atoms with E-state index in [2.05, 4.69) is 30.1 Å². The molecular formula is C32H30BrF3N6O3. The highest BCUT2D eigenvalue weighted by Crippen LogP contribution is 2.43. The lowest BCUT2D eigenvalue weighted by molar-refractivity contribution is -0.696. The summed E-state index contributed by atoms with van der Waals surface area (Å²) in [5.74, 6) is -0.393. The van der Waals surface area contributed by atoms with Crippen LogP contribution in [0, 0.1) is 11.3 Å². The third-order valence-electron chi connectivity index (χ3n) is 7.77. The average Bonchev–Trinajstić information content (AvgIpc) is 3.39. The number of halogens is 4. The number of anilines is 2. The first-order valence-corrected chi connectivity index (χ1v) is 13.9. The molecule has 45 heavy (non-hydrogen) atoms. The number of alkyl halides is 3. The highest BCUT2D eigenvalue weighted by molar-refractivity contribution is 5.93. The van der Waals surface area contributed by atoms with Crippen molar-refractivity contribution in [3.05, 3.63) is 117 Å². The lowest BCUT2D eigenvalue weighted by atomic mass is 9.89. The van der Waals surface area contributed by atoms with Crippen molar-refractivity contribution in [1.29, 1.82) is 5.26 Å². The first kappa shape index (κ1) is 33.2. The van der Waals surface area contributed by atoms with Crippen molar-refractivity contribution in [1.82, 2.24) is 14.8 Å². The maximum absolute atomic E-state index is 13.6. The summed E-state index contributed by atoms with van der Waals surface area (Å²) in [5.41, 5.74) is 1.60. The Bertz CT molecular complexity index is 1860. The number of esters is 1. The number of benzene rings is 2. The summed E-state index contributed by atoms with van der Waals surface area (Å²) in [6, 6.07) is 14.7. The number of H-pyrrole nitrogens is 1. The minimum Gasteiger partial charge on any atom is -1.00 e. The number of aryl methyl sites for hydroxylation is 2. The maximum atomic E-state index is 13.6. The van der Waals surface area contributed by atoms with Gasteiger partial charge in [0.05, 0.1) is 29.9 Å². The summed E-state index contributed by atoms with van der Waals surface area (Å²) in [6.07, 6.45) is -0.231. The van der Waals surface area contributed by atoms with E-state index < -0.39 is 29.4 Å². The van der Waals surface area contributed by atoms with Crippen LogP contribution in [0.4, 0.5) is 24.8 Å². The van der Waals surface area contributed by atoms with Gasteiger partial charge in [0.25, 0.3) is 0 Å². The molecule has 1 aliphatic heterocycles. The Morgan fingerprint density at radius 3 is 2.49 bits per heavy atom. The molecule has 5 rings (SSSR count). The summed E-state index contributed by atoms with van der Waals surface area (Å²) in [5, 5.41) is 16.2. The number of ether oxygens (including phenoxy) is 1. The largest absolute Gasteiger partial charge is 1.00 e. The number of hydrogen-bond donors (Lipinski definition) is 1. The summed E-state index contributed by atoms with van der Waals surface area (Å²) in [7, 11) is 1.19. The van der Waals surface area contributed by atoms with Gasteiger partial charge in [-0.25, -0.2) is 23.8 Å². The third-order valence-corrected chi connectivity index (χ3v) is 7.77. The number of aromatic amines is 1. The Hall–Kier alpha value is -4.70. The monoisotopic (exact) mass is 682 g/mol. The summed E-state index contributed by atoms with van der Waals surface area (Å²) in [4.78, 5) is 28.1. The number of hydrogen-bond acceptors (Lipinski definition) is 6. The van der Waals surface area contributed by atoms with Gasteiger partial charge in [0.1, 0.15) is 6.04 Å². The number of carbonyl (C=O) groups is 1. The Balaban J connectivity index is 0.00000461. The normalized spacial score (nSPS) is 14.6. The van der Waals surface area contributed by atoms with Gasteiger partial charge >= 0.3 is 17.8 Å². The van der Waals surface area contributed by atoms with Crippen LogP contribution in [0.15, 0.2) is 83.1 Å². The number of pyridine rings is 1. The second-order valence-electron chi connectivity index (χ2n) is 10.8. The molecule has 234 valence electrons. The topological polar surface area (TPSA) is 108 Å². The number of rotatable bonds is 7. The number of nitrogens with one attached hydrogen (secondary N) is 1. The number of methoxy groups -OCH3 is 1. The van der Waals surface area contributed by atoms with Crippen molar-refractivity contribution in [2.24, 2.45) is 0 Å². The van der Waals surface area contributed by atoms with Gasteiger partial charge in [-0.15, -0.1) is 5.10 Å². The minimum absolute atomic E-state index is 0. The molecule has 9 nitrogen and oxygen atoms in total. The van der Waals surface area contributed by atoms with Crippen molar-refractivity contribution in [3.63, 3.8) is 0 Å². The minimum atomic E-state index is -4.62. The van der Waals surface area contributed by atoms with E-state index in [0.717, 1.165) is 12.1 Å². The predicted octanol–water partition coefficient (Wildman–Crippen LogP) is 2.31. The molecule has 0 aliphatic carbocycles. The zero-order chi connectivity index (χ0) is 31.8. The van der Waals surface area contributed by atoms with E-state index >= 15 is 0 Å². The molecule has 0 saturated carbocycles. The predicted molar refractivity (Wildman–Crippen MR) is 155 cm³/mol. The molecule has 0 fully saturated rings. The summed E-state index contributed by atoms with van der Waals surface area (Å²) in [6.45, 7) is 6.32. The van der Waals surface area contributed by atoms with Crippen LogP contribution in [0.25, 0.3) is 0 Å². The first-order chi connectivity index (χ1) is 20.9. The van der Waals surface area contributed by atoms with Gasteiger partial charge < -0.3 is 21.7 Å². The maximum Gasteiger partial charge on any atom is 0.416 e. The Morgan fingerprint density at radius 2 is 1.87 bits per heavy atom. The number of allylic oxidation sites excluding steroid dienone is 1. The molecule has 1 aliphatic rings. The molecule has 0 spiro atoms. The van der Waals surface area contributed by atoms with E-state index in [1.807, 2.05) is 29.1 Å². The quantitative estimate of drug-likeness (QED) is 0.237. The number of nitriles is 1. The molecule has 2 aromatic heterocycles. The molecule has 1 N–H and O–H groups in total. The lowest BCUT2D eigenvalue weighted by Gasteiger charge is -2.36. The molecule has 1 unspecified atom stereocenters. The fourth-order valence-corrected chi connectivity index (χ4v) is 5.49. The van der Waals surface area contributed by atoms with Gasteiger partial charge in [-0.1, -0.05) is 26.0 Å². The van der Waals surface area contributed by atoms with E-state index in [1.54, 1.807) is 25.1 Å². The van der Waals surface area contributed by atoms with Crippen LogP contribution in [-0.4, -0.2) is 27.8 Å². The molecule has 0 bridgehead atoms. The van der Waals surface area contributed by atoms with Crippen LogP contribution in [0.3, 0.4) is 0 Å². The Labute approximate surface area is 268 Å². The SMILES string of the molecule is COC(=O)C1=C(C)N(c2cccc(C(F)(F)F)c2)c2n[nH]c(=O)n2C1c1ccc(C#N)cc1CC[n+]1ccc(C(C)C)cc1.[Br-]. The van der Waals surface area contributed by atoms with Crippen LogP contribution < -0.4 is 32.1 Å². The second kappa shape index (κ2) is 13.1. The first-order valence-electron chi connectivity index (χ1n) is 13.9. The number of carbonyl (C=O) groups excluding carboxylic acids is 1. The van der Waals surface area contributed by atoms with Crippen LogP contribution in [0.2, 0.25) is 0 Å². The van der Waals surface area contributed by atoms with Gasteiger partial charge in [-0.3, -0.25) is 4.90 Å². The van der Waals surface area contributed by atoms with Gasteiger partial charge in [0, 0.05) is 29.9 Å². The molecule has 2 aromatic carbocycles. The molecule has 0 radical (unpaired) electrons. The molecule has 4 aromatic rings. The molecule has 0 saturated heterocycles. The zero-order valence-electron chi connectivity index (χ0n) is 24.9. The van der Waals surface area contributed by atoms with Gasteiger partial charge in [0.2, 0.25) is 5.95 Å². The Morgan fingerprint density at radius 1 is 1.16 bits per heavy atom. The van der Waals surface area contributed by atoms with Crippen molar-refractivity contribution in [3.8, 4) is 6.07 Å². The number of nitrogens with zero attached hydrogens (tertiary/aromatic N) is 5. The molecular weight excluding hydrogens is 653 g/mol. The summed E-state index contributed by atoms with van der Waals surface area (Å²) >= 11 is 0. The van der Waals surface area contributed by atoms with E-state index in [4.69, 9.17) is 4.74 Å². The standard InChI is InChI=1S/C32H29F3N6O3.BrH/c1-19(2)22-10-13-39(14-11-22)15-12-23-16-21(18-36)8-9-26(23)28-27(29(42)44-4)20(3)40(30-37-38-31(43)41(28)30)25-7-5-6-24(17-25)32(33,34)35;/h5-11,13-14,16-17,19,28H,12,15H2,1-4H3;1H. The van der Waals surface area contributed by atoms with Gasteiger partial charge in [0.15, 0.2) is 18.9 Å². The summed E-state index contributed by atoms with van der Waals surface area (Å²) < 4.78 is 49.3. The average molecular weight is 684 g/mol. The molecule has 0 amide bonds. The van der Waals surface area contributed by atoms with Crippen LogP contribution >= 0.6 is 0 Å². The zero-order valence-corrected chi connectivity index (χ0v) is 26.5. The van der Waals surface area contributed by atoms with Crippen molar-refractivity contribution in [2.75, 3.05) is 12.0 Å². The van der Waals surface area contributed by atoms with E-state index in [9.17, 15) is 28.0 Å². The van der Waals surface area contributed by atoms with Crippen LogP contribution in [-0.2, 0) is 28.7 Å². The number of aromatic nitrogens is 4. The molecule has 13 heteroatoms. The van der Waals surface area contributed by atoms with E-state index in [1.165, 1.54) is 34.3 Å². The molecule has 1 atom stereocenters. The Kier molecular flexibility index (Phi) is 9.68. The highest BCUT2D eigenvalue weighted by atomic mass is 79.9. The van der Waals surface area contributed by atoms with Crippen LogP contribution in [0.5, 0.6) is 0 Å². The van der Waals surface area contributed by atoms with Gasteiger partial charge in [-0.05, 0) is 59.9 Å². The highest BCUT2D eigenvalue weighted by Gasteiger charge is 2.41. The molecule has 3 heterocycles. The van der Waals surface area contributed by atoms with E-state index in [-0.39, 0.29) is 39.9 Å². The van der Waals surface area contributed by atoms with Crippen molar-refractivity contribution in [2.45, 2.75) is 51.9 Å². The fourth-order valence-electron chi connectivity index (χ4n) is 5.49. The lowest BCUT2D eigenvalue weighted by Crippen LogP contribution is -3.00.